The molecule has 1 aliphatic rings. The topological polar surface area (TPSA) is 80.3 Å². The van der Waals surface area contributed by atoms with Crippen molar-refractivity contribution < 1.29 is 23.8 Å². The summed E-state index contributed by atoms with van der Waals surface area (Å²) in [7, 11) is 1.60. The number of nitrogens with one attached hydrogen (secondary N) is 1. The van der Waals surface area contributed by atoms with E-state index < -0.39 is 6.04 Å². The van der Waals surface area contributed by atoms with E-state index in [1.165, 1.54) is 4.90 Å². The summed E-state index contributed by atoms with van der Waals surface area (Å²) < 4.78 is 16.2. The van der Waals surface area contributed by atoms with Crippen LogP contribution in [0, 0.1) is 0 Å². The Morgan fingerprint density at radius 2 is 1.85 bits per heavy atom. The van der Waals surface area contributed by atoms with Crippen molar-refractivity contribution >= 4 is 23.4 Å². The molecule has 1 atom stereocenters. The van der Waals surface area contributed by atoms with Gasteiger partial charge in [-0.05, 0) is 36.8 Å². The van der Waals surface area contributed by atoms with E-state index in [1.807, 2.05) is 24.3 Å². The van der Waals surface area contributed by atoms with Crippen LogP contribution in [0.2, 0.25) is 5.02 Å². The van der Waals surface area contributed by atoms with Crippen molar-refractivity contribution in [2.75, 3.05) is 53.1 Å². The first-order chi connectivity index (χ1) is 16.5. The van der Waals surface area contributed by atoms with Gasteiger partial charge in [-0.15, -0.1) is 0 Å². The highest BCUT2D eigenvalue weighted by molar-refractivity contribution is 6.32. The summed E-state index contributed by atoms with van der Waals surface area (Å²) in [6.07, 6.45) is 0. The number of halogens is 1. The molecular formula is C25H32ClN3O5. The van der Waals surface area contributed by atoms with Crippen molar-refractivity contribution in [1.29, 1.82) is 0 Å². The Kier molecular flexibility index (Phi) is 10.00. The van der Waals surface area contributed by atoms with Crippen molar-refractivity contribution in [3.8, 4) is 11.5 Å². The molecule has 1 N–H and O–H groups in total. The van der Waals surface area contributed by atoms with Gasteiger partial charge in [-0.25, -0.2) is 0 Å². The zero-order valence-electron chi connectivity index (χ0n) is 19.7. The molecule has 184 valence electrons. The van der Waals surface area contributed by atoms with Crippen molar-refractivity contribution in [2.24, 2.45) is 0 Å². The summed E-state index contributed by atoms with van der Waals surface area (Å²) in [5.41, 5.74) is 0.875. The Hall–Kier alpha value is -2.81. The summed E-state index contributed by atoms with van der Waals surface area (Å²) in [4.78, 5) is 29.8. The molecule has 8 nitrogen and oxygen atoms in total. The molecule has 0 unspecified atom stereocenters. The molecule has 1 saturated heterocycles. The predicted molar refractivity (Wildman–Crippen MR) is 130 cm³/mol. The number of amides is 2. The number of carbonyl (C=O) groups excluding carboxylic acids is 2. The van der Waals surface area contributed by atoms with E-state index in [4.69, 9.17) is 25.8 Å². The highest BCUT2D eigenvalue weighted by Gasteiger charge is 2.27. The number of ether oxygens (including phenoxy) is 3. The van der Waals surface area contributed by atoms with E-state index in [9.17, 15) is 9.59 Å². The number of rotatable bonds is 11. The van der Waals surface area contributed by atoms with E-state index in [1.54, 1.807) is 38.3 Å². The fourth-order valence-corrected chi connectivity index (χ4v) is 3.79. The Morgan fingerprint density at radius 1 is 1.15 bits per heavy atom. The smallest absolute Gasteiger partial charge is 0.261 e. The zero-order valence-corrected chi connectivity index (χ0v) is 20.4. The normalized spacial score (nSPS) is 14.8. The van der Waals surface area contributed by atoms with Gasteiger partial charge in [0.25, 0.3) is 5.91 Å². The number of hydrogen-bond donors (Lipinski definition) is 1. The van der Waals surface area contributed by atoms with Crippen LogP contribution in [-0.2, 0) is 20.9 Å². The molecule has 2 amide bonds. The number of benzene rings is 2. The average Bonchev–Trinajstić information content (AvgIpc) is 2.87. The molecule has 0 radical (unpaired) electrons. The van der Waals surface area contributed by atoms with Crippen molar-refractivity contribution in [1.82, 2.24) is 15.1 Å². The first kappa shape index (κ1) is 25.8. The minimum absolute atomic E-state index is 0.215. The lowest BCUT2D eigenvalue weighted by Crippen LogP contribution is -2.50. The zero-order chi connectivity index (χ0) is 24.3. The van der Waals surface area contributed by atoms with Gasteiger partial charge in [0.05, 0.1) is 25.3 Å². The molecule has 3 rings (SSSR count). The van der Waals surface area contributed by atoms with Gasteiger partial charge in [0.15, 0.2) is 6.61 Å². The molecule has 2 aromatic rings. The molecular weight excluding hydrogens is 458 g/mol. The number of para-hydroxylation sites is 1. The van der Waals surface area contributed by atoms with E-state index >= 15 is 0 Å². The average molecular weight is 490 g/mol. The van der Waals surface area contributed by atoms with Crippen LogP contribution in [0.5, 0.6) is 11.5 Å². The number of carbonyl (C=O) groups is 2. The quantitative estimate of drug-likeness (QED) is 0.522. The molecule has 9 heteroatoms. The van der Waals surface area contributed by atoms with E-state index in [-0.39, 0.29) is 25.0 Å². The molecule has 0 aromatic heterocycles. The van der Waals surface area contributed by atoms with E-state index in [2.05, 4.69) is 10.2 Å². The van der Waals surface area contributed by atoms with Crippen LogP contribution in [-0.4, -0.2) is 80.8 Å². The van der Waals surface area contributed by atoms with Crippen LogP contribution >= 0.6 is 11.6 Å². The maximum absolute atomic E-state index is 13.2. The van der Waals surface area contributed by atoms with Crippen LogP contribution in [0.1, 0.15) is 12.5 Å². The standard InChI is InChI=1S/C25H32ClN3O5/c1-19(25(31)27-11-12-28-13-15-33-16-14-28)29(17-20-7-9-21(32-2)10-8-20)24(30)18-34-23-6-4-3-5-22(23)26/h3-10,19H,11-18H2,1-2H3,(H,27,31)/t19-/m1/s1. The van der Waals surface area contributed by atoms with Gasteiger partial charge in [-0.2, -0.15) is 0 Å². The fraction of sp³-hybridized carbons (Fsp3) is 0.440. The van der Waals surface area contributed by atoms with Gasteiger partial charge < -0.3 is 24.4 Å². The first-order valence-electron chi connectivity index (χ1n) is 11.4. The number of methoxy groups -OCH3 is 1. The molecule has 0 bridgehead atoms. The lowest BCUT2D eigenvalue weighted by atomic mass is 10.1. The second kappa shape index (κ2) is 13.2. The Bertz CT molecular complexity index is 934. The van der Waals surface area contributed by atoms with Crippen LogP contribution in [0.3, 0.4) is 0 Å². The highest BCUT2D eigenvalue weighted by atomic mass is 35.5. The SMILES string of the molecule is COc1ccc(CN(C(=O)COc2ccccc2Cl)[C@H](C)C(=O)NCCN2CCOCC2)cc1. The third kappa shape index (κ3) is 7.62. The van der Waals surface area contributed by atoms with Crippen LogP contribution in [0.15, 0.2) is 48.5 Å². The molecule has 0 spiro atoms. The largest absolute Gasteiger partial charge is 0.497 e. The summed E-state index contributed by atoms with van der Waals surface area (Å²) in [6, 6.07) is 13.7. The second-order valence-corrected chi connectivity index (χ2v) is 8.42. The van der Waals surface area contributed by atoms with Gasteiger partial charge in [-0.1, -0.05) is 35.9 Å². The lowest BCUT2D eigenvalue weighted by molar-refractivity contribution is -0.142. The third-order valence-corrected chi connectivity index (χ3v) is 6.01. The minimum atomic E-state index is -0.686. The molecule has 1 fully saturated rings. The number of nitrogens with zero attached hydrogens (tertiary/aromatic N) is 2. The predicted octanol–water partition coefficient (Wildman–Crippen LogP) is 2.59. The Morgan fingerprint density at radius 3 is 2.53 bits per heavy atom. The minimum Gasteiger partial charge on any atom is -0.497 e. The van der Waals surface area contributed by atoms with Gasteiger partial charge >= 0.3 is 0 Å². The third-order valence-electron chi connectivity index (χ3n) is 5.70. The monoisotopic (exact) mass is 489 g/mol. The summed E-state index contributed by atoms with van der Waals surface area (Å²) >= 11 is 6.14. The van der Waals surface area contributed by atoms with Crippen molar-refractivity contribution in [3.63, 3.8) is 0 Å². The molecule has 0 saturated carbocycles. The van der Waals surface area contributed by atoms with Crippen molar-refractivity contribution in [3.05, 3.63) is 59.1 Å². The fourth-order valence-electron chi connectivity index (χ4n) is 3.60. The van der Waals surface area contributed by atoms with Crippen molar-refractivity contribution in [2.45, 2.75) is 19.5 Å². The van der Waals surface area contributed by atoms with Gasteiger partial charge in [0, 0.05) is 32.7 Å². The number of hydrogen-bond acceptors (Lipinski definition) is 6. The van der Waals surface area contributed by atoms with Gasteiger partial charge in [0.1, 0.15) is 17.5 Å². The maximum atomic E-state index is 13.2. The molecule has 0 aliphatic carbocycles. The molecule has 1 heterocycles. The van der Waals surface area contributed by atoms with E-state index in [0.29, 0.717) is 30.5 Å². The summed E-state index contributed by atoms with van der Waals surface area (Å²) in [5, 5.41) is 3.38. The van der Waals surface area contributed by atoms with Crippen LogP contribution in [0.25, 0.3) is 0 Å². The van der Waals surface area contributed by atoms with Crippen LogP contribution in [0.4, 0.5) is 0 Å². The molecule has 1 aliphatic heterocycles. The van der Waals surface area contributed by atoms with Crippen LogP contribution < -0.4 is 14.8 Å². The first-order valence-corrected chi connectivity index (χ1v) is 11.7. The maximum Gasteiger partial charge on any atom is 0.261 e. The highest BCUT2D eigenvalue weighted by Crippen LogP contribution is 2.23. The molecule has 34 heavy (non-hydrogen) atoms. The second-order valence-electron chi connectivity index (χ2n) is 8.01. The Balaban J connectivity index is 1.63. The summed E-state index contributed by atoms with van der Waals surface area (Å²) in [5.74, 6) is 0.613. The molecule has 2 aromatic carbocycles. The van der Waals surface area contributed by atoms with Gasteiger partial charge in [0.2, 0.25) is 5.91 Å². The summed E-state index contributed by atoms with van der Waals surface area (Å²) in [6.45, 7) is 6.12. The Labute approximate surface area is 205 Å². The van der Waals surface area contributed by atoms with E-state index in [0.717, 1.165) is 30.9 Å². The van der Waals surface area contributed by atoms with Gasteiger partial charge in [-0.3, -0.25) is 14.5 Å². The lowest BCUT2D eigenvalue weighted by Gasteiger charge is -2.30. The number of morpholine rings is 1.